The van der Waals surface area contributed by atoms with Crippen molar-refractivity contribution in [3.8, 4) is 0 Å². The van der Waals surface area contributed by atoms with E-state index in [0.29, 0.717) is 17.4 Å². The van der Waals surface area contributed by atoms with Crippen LogP contribution in [0.25, 0.3) is 0 Å². The Morgan fingerprint density at radius 2 is 2.06 bits per heavy atom. The molecule has 2 N–H and O–H groups in total. The van der Waals surface area contributed by atoms with Crippen LogP contribution >= 0.6 is 12.2 Å². The Balaban J connectivity index is 1.79. The van der Waals surface area contributed by atoms with Crippen molar-refractivity contribution in [2.75, 3.05) is 0 Å². The molecule has 0 fully saturated rings. The largest absolute Gasteiger partial charge is 0.467 e. The lowest BCUT2D eigenvalue weighted by atomic mass is 10.3. The quantitative estimate of drug-likeness (QED) is 0.503. The van der Waals surface area contributed by atoms with Crippen molar-refractivity contribution in [2.24, 2.45) is 5.10 Å². The molecule has 2 heterocycles. The summed E-state index contributed by atoms with van der Waals surface area (Å²) >= 11 is 5.07. The zero-order valence-electron chi connectivity index (χ0n) is 9.84. The molecular formula is C12H13N3O2S. The van der Waals surface area contributed by atoms with Crippen LogP contribution in [0.4, 0.5) is 0 Å². The van der Waals surface area contributed by atoms with Gasteiger partial charge in [-0.05, 0) is 43.4 Å². The van der Waals surface area contributed by atoms with Crippen LogP contribution in [-0.2, 0) is 6.54 Å². The van der Waals surface area contributed by atoms with Gasteiger partial charge < -0.3 is 14.2 Å². The Hall–Kier alpha value is -2.08. The predicted octanol–water partition coefficient (Wildman–Crippen LogP) is 2.26. The molecule has 0 aliphatic rings. The summed E-state index contributed by atoms with van der Waals surface area (Å²) < 4.78 is 10.4. The molecule has 0 spiro atoms. The van der Waals surface area contributed by atoms with Gasteiger partial charge >= 0.3 is 0 Å². The van der Waals surface area contributed by atoms with Gasteiger partial charge in [-0.15, -0.1) is 0 Å². The van der Waals surface area contributed by atoms with Crippen LogP contribution < -0.4 is 10.7 Å². The number of hydrogen-bond acceptors (Lipinski definition) is 4. The van der Waals surface area contributed by atoms with Crippen LogP contribution in [-0.4, -0.2) is 10.8 Å². The Kier molecular flexibility index (Phi) is 4.14. The first-order valence-corrected chi connectivity index (χ1v) is 5.81. The van der Waals surface area contributed by atoms with Crippen molar-refractivity contribution in [3.05, 3.63) is 48.3 Å². The molecule has 0 aliphatic heterocycles. The number of hydrogen-bond donors (Lipinski definition) is 2. The van der Waals surface area contributed by atoms with Crippen LogP contribution in [0.3, 0.4) is 0 Å². The number of nitrogens with zero attached hydrogens (tertiary/aromatic N) is 1. The average Bonchev–Trinajstić information content (AvgIpc) is 3.05. The molecule has 0 amide bonds. The van der Waals surface area contributed by atoms with Crippen LogP contribution in [0.5, 0.6) is 0 Å². The molecule has 0 unspecified atom stereocenters. The maximum atomic E-state index is 5.20. The van der Waals surface area contributed by atoms with E-state index in [-0.39, 0.29) is 0 Å². The number of hydrazone groups is 1. The summed E-state index contributed by atoms with van der Waals surface area (Å²) in [4.78, 5) is 0. The smallest absolute Gasteiger partial charge is 0.187 e. The van der Waals surface area contributed by atoms with Gasteiger partial charge in [-0.3, -0.25) is 5.43 Å². The van der Waals surface area contributed by atoms with E-state index in [4.69, 9.17) is 21.1 Å². The van der Waals surface area contributed by atoms with E-state index in [9.17, 15) is 0 Å². The van der Waals surface area contributed by atoms with E-state index in [1.54, 1.807) is 12.5 Å². The molecular weight excluding hydrogens is 250 g/mol. The molecule has 0 saturated carbocycles. The highest BCUT2D eigenvalue weighted by atomic mass is 32.1. The lowest BCUT2D eigenvalue weighted by Crippen LogP contribution is -2.31. The second kappa shape index (κ2) is 6.02. The second-order valence-electron chi connectivity index (χ2n) is 3.55. The van der Waals surface area contributed by atoms with Gasteiger partial charge in [0.1, 0.15) is 17.2 Å². The van der Waals surface area contributed by atoms with Crippen molar-refractivity contribution in [2.45, 2.75) is 13.5 Å². The lowest BCUT2D eigenvalue weighted by Gasteiger charge is -2.05. The number of nitrogens with one attached hydrogen (secondary N) is 2. The van der Waals surface area contributed by atoms with E-state index in [0.717, 1.165) is 11.5 Å². The fraction of sp³-hybridized carbons (Fsp3) is 0.167. The van der Waals surface area contributed by atoms with E-state index in [1.807, 2.05) is 31.2 Å². The SMILES string of the molecule is CC(=NNC(=S)NCc1ccco1)c1ccco1. The summed E-state index contributed by atoms with van der Waals surface area (Å²) in [6.07, 6.45) is 3.22. The number of furan rings is 2. The topological polar surface area (TPSA) is 62.7 Å². The third-order valence-corrected chi connectivity index (χ3v) is 2.44. The Labute approximate surface area is 110 Å². The highest BCUT2D eigenvalue weighted by Gasteiger charge is 2.01. The van der Waals surface area contributed by atoms with E-state index >= 15 is 0 Å². The molecule has 5 nitrogen and oxygen atoms in total. The summed E-state index contributed by atoms with van der Waals surface area (Å²) in [6, 6.07) is 7.33. The van der Waals surface area contributed by atoms with E-state index < -0.39 is 0 Å². The summed E-state index contributed by atoms with van der Waals surface area (Å²) in [6.45, 7) is 2.36. The monoisotopic (exact) mass is 263 g/mol. The van der Waals surface area contributed by atoms with Gasteiger partial charge in [0.2, 0.25) is 0 Å². The Morgan fingerprint density at radius 3 is 2.72 bits per heavy atom. The van der Waals surface area contributed by atoms with Gasteiger partial charge in [0, 0.05) is 0 Å². The maximum Gasteiger partial charge on any atom is 0.187 e. The minimum absolute atomic E-state index is 0.428. The standard InChI is InChI=1S/C12H13N3O2S/c1-9(11-5-3-7-17-11)14-15-12(18)13-8-10-4-2-6-16-10/h2-7H,8H2,1H3,(H2,13,15,18). The first kappa shape index (κ1) is 12.4. The maximum absolute atomic E-state index is 5.20. The van der Waals surface area contributed by atoms with Crippen LogP contribution in [0.1, 0.15) is 18.4 Å². The zero-order chi connectivity index (χ0) is 12.8. The molecule has 6 heteroatoms. The lowest BCUT2D eigenvalue weighted by molar-refractivity contribution is 0.502. The molecule has 0 saturated heterocycles. The van der Waals surface area contributed by atoms with Crippen LogP contribution in [0.15, 0.2) is 50.7 Å². The van der Waals surface area contributed by atoms with Crippen molar-refractivity contribution in [1.82, 2.24) is 10.7 Å². The highest BCUT2D eigenvalue weighted by molar-refractivity contribution is 7.80. The molecule has 0 bridgehead atoms. The van der Waals surface area contributed by atoms with Crippen molar-refractivity contribution in [1.29, 1.82) is 0 Å². The summed E-state index contributed by atoms with van der Waals surface area (Å²) in [5.74, 6) is 1.52. The van der Waals surface area contributed by atoms with Crippen LogP contribution in [0.2, 0.25) is 0 Å². The van der Waals surface area contributed by atoms with E-state index in [2.05, 4.69) is 15.8 Å². The molecule has 0 aliphatic carbocycles. The van der Waals surface area contributed by atoms with Crippen LogP contribution in [0, 0.1) is 0 Å². The van der Waals surface area contributed by atoms with Gasteiger partial charge in [0.25, 0.3) is 0 Å². The third kappa shape index (κ3) is 3.46. The molecule has 94 valence electrons. The molecule has 2 aromatic rings. The van der Waals surface area contributed by atoms with Crippen molar-refractivity contribution >= 4 is 23.0 Å². The van der Waals surface area contributed by atoms with Gasteiger partial charge in [-0.25, -0.2) is 0 Å². The van der Waals surface area contributed by atoms with Gasteiger partial charge in [0.15, 0.2) is 5.11 Å². The highest BCUT2D eigenvalue weighted by Crippen LogP contribution is 2.01. The number of rotatable bonds is 4. The molecule has 0 aromatic carbocycles. The minimum Gasteiger partial charge on any atom is -0.467 e. The predicted molar refractivity (Wildman–Crippen MR) is 72.2 cm³/mol. The fourth-order valence-corrected chi connectivity index (χ4v) is 1.41. The Bertz CT molecular complexity index is 518. The summed E-state index contributed by atoms with van der Waals surface area (Å²) in [5, 5.41) is 7.51. The normalized spacial score (nSPS) is 11.3. The average molecular weight is 263 g/mol. The first-order chi connectivity index (χ1) is 8.75. The van der Waals surface area contributed by atoms with Gasteiger partial charge in [-0.2, -0.15) is 5.10 Å². The summed E-state index contributed by atoms with van der Waals surface area (Å²) in [7, 11) is 0. The van der Waals surface area contributed by atoms with E-state index in [1.165, 1.54) is 0 Å². The third-order valence-electron chi connectivity index (χ3n) is 2.21. The van der Waals surface area contributed by atoms with Gasteiger partial charge in [0.05, 0.1) is 19.1 Å². The molecule has 0 atom stereocenters. The second-order valence-corrected chi connectivity index (χ2v) is 3.96. The number of thiocarbonyl (C=S) groups is 1. The van der Waals surface area contributed by atoms with Gasteiger partial charge in [-0.1, -0.05) is 0 Å². The fourth-order valence-electron chi connectivity index (χ4n) is 1.29. The van der Waals surface area contributed by atoms with Crippen molar-refractivity contribution < 1.29 is 8.83 Å². The molecule has 2 aromatic heterocycles. The molecule has 18 heavy (non-hydrogen) atoms. The molecule has 2 rings (SSSR count). The Morgan fingerprint density at radius 1 is 1.28 bits per heavy atom. The minimum atomic E-state index is 0.428. The summed E-state index contributed by atoms with van der Waals surface area (Å²) in [5.41, 5.74) is 3.46. The van der Waals surface area contributed by atoms with Crippen molar-refractivity contribution in [3.63, 3.8) is 0 Å². The molecule has 0 radical (unpaired) electrons. The first-order valence-electron chi connectivity index (χ1n) is 5.40. The zero-order valence-corrected chi connectivity index (χ0v) is 10.7.